The fourth-order valence-corrected chi connectivity index (χ4v) is 6.57. The van der Waals surface area contributed by atoms with Gasteiger partial charge in [-0.3, -0.25) is 9.13 Å². The molecule has 0 aliphatic carbocycles. The van der Waals surface area contributed by atoms with E-state index in [1.54, 1.807) is 0 Å². The highest BCUT2D eigenvalue weighted by atomic mass is 31.2. The van der Waals surface area contributed by atoms with Gasteiger partial charge in [-0.1, -0.05) is 20.8 Å². The molecule has 8 nitrogen and oxygen atoms in total. The second-order valence-corrected chi connectivity index (χ2v) is 14.2. The van der Waals surface area contributed by atoms with Gasteiger partial charge in [-0.2, -0.15) is 0 Å². The van der Waals surface area contributed by atoms with Crippen molar-refractivity contribution in [3.8, 4) is 0 Å². The molecule has 10 heteroatoms. The molecule has 0 aliphatic heterocycles. The molecule has 0 heterocycles. The van der Waals surface area contributed by atoms with Crippen molar-refractivity contribution in [2.75, 3.05) is 65.0 Å². The second-order valence-electron chi connectivity index (χ2n) is 9.85. The zero-order valence-corrected chi connectivity index (χ0v) is 25.2. The van der Waals surface area contributed by atoms with E-state index in [9.17, 15) is 9.13 Å². The minimum Gasteiger partial charge on any atom is -0.375 e. The molecule has 0 aromatic carbocycles. The Morgan fingerprint density at radius 3 is 1.44 bits per heavy atom. The Bertz CT molecular complexity index is 574. The van der Waals surface area contributed by atoms with Crippen molar-refractivity contribution in [2.45, 2.75) is 87.2 Å². The molecule has 0 bridgehead atoms. The Morgan fingerprint density at radius 2 is 1.09 bits per heavy atom. The van der Waals surface area contributed by atoms with Gasteiger partial charge in [-0.25, -0.2) is 0 Å². The average Bonchev–Trinajstić information content (AvgIpc) is 2.75. The van der Waals surface area contributed by atoms with Gasteiger partial charge >= 0.3 is 15.2 Å². The van der Waals surface area contributed by atoms with Crippen LogP contribution in [0.5, 0.6) is 0 Å². The molecule has 0 aromatic rings. The van der Waals surface area contributed by atoms with Gasteiger partial charge in [0, 0.05) is 13.1 Å². The van der Waals surface area contributed by atoms with E-state index in [2.05, 4.69) is 39.5 Å². The van der Waals surface area contributed by atoms with E-state index in [0.29, 0.717) is 39.5 Å². The lowest BCUT2D eigenvalue weighted by Gasteiger charge is -2.32. The first-order chi connectivity index (χ1) is 15.8. The maximum absolute atomic E-state index is 13.0. The van der Waals surface area contributed by atoms with Crippen LogP contribution in [0.2, 0.25) is 0 Å². The molecule has 206 valence electrons. The quantitative estimate of drug-likeness (QED) is 0.141. The lowest BCUT2D eigenvalue weighted by molar-refractivity contribution is -0.0616. The second kappa shape index (κ2) is 16.9. The van der Waals surface area contributed by atoms with Crippen molar-refractivity contribution in [1.82, 2.24) is 4.90 Å². The number of hydrogen-bond acceptors (Lipinski definition) is 8. The van der Waals surface area contributed by atoms with Gasteiger partial charge in [0.15, 0.2) is 0 Å². The van der Waals surface area contributed by atoms with Crippen LogP contribution in [0.25, 0.3) is 0 Å². The maximum atomic E-state index is 13.0. The Balaban J connectivity index is 5.14. The van der Waals surface area contributed by atoms with Crippen LogP contribution in [-0.2, 0) is 32.0 Å². The van der Waals surface area contributed by atoms with Gasteiger partial charge < -0.3 is 27.7 Å². The van der Waals surface area contributed by atoms with Crippen LogP contribution >= 0.6 is 15.2 Å². The smallest absolute Gasteiger partial charge is 0.331 e. The molecule has 0 amide bonds. The van der Waals surface area contributed by atoms with Crippen LogP contribution in [0.15, 0.2) is 0 Å². The van der Waals surface area contributed by atoms with Crippen LogP contribution in [-0.4, -0.2) is 75.5 Å². The van der Waals surface area contributed by atoms with E-state index >= 15 is 0 Å². The summed E-state index contributed by atoms with van der Waals surface area (Å²) in [6.07, 6.45) is 3.41. The number of ether oxygens (including phenoxy) is 1. The molecule has 0 atom stereocenters. The molecular weight excluding hydrogens is 476 g/mol. The molecule has 34 heavy (non-hydrogen) atoms. The third-order valence-corrected chi connectivity index (χ3v) is 9.85. The van der Waals surface area contributed by atoms with Crippen molar-refractivity contribution in [2.24, 2.45) is 5.41 Å². The first-order valence-electron chi connectivity index (χ1n) is 12.9. The molecular formula is C24H53NO7P2. The van der Waals surface area contributed by atoms with Crippen molar-refractivity contribution < 1.29 is 32.0 Å². The zero-order valence-electron chi connectivity index (χ0n) is 23.4. The molecule has 0 radical (unpaired) electrons. The Kier molecular flexibility index (Phi) is 17.0. The summed E-state index contributed by atoms with van der Waals surface area (Å²) in [4.78, 5) is 2.15. The predicted octanol–water partition coefficient (Wildman–Crippen LogP) is 6.83. The van der Waals surface area contributed by atoms with Crippen molar-refractivity contribution in [1.29, 1.82) is 0 Å². The summed E-state index contributed by atoms with van der Waals surface area (Å²) in [6.45, 7) is 21.9. The number of nitrogens with zero attached hydrogens (tertiary/aromatic N) is 1. The highest BCUT2D eigenvalue weighted by Crippen LogP contribution is 2.49. The maximum Gasteiger partial charge on any atom is 0.331 e. The van der Waals surface area contributed by atoms with Crippen LogP contribution in [0, 0.1) is 5.41 Å². The monoisotopic (exact) mass is 529 g/mol. The number of hydrogen-bond donors (Lipinski definition) is 0. The van der Waals surface area contributed by atoms with Crippen LogP contribution in [0.4, 0.5) is 0 Å². The van der Waals surface area contributed by atoms with Crippen LogP contribution < -0.4 is 0 Å². The van der Waals surface area contributed by atoms with E-state index in [1.165, 1.54) is 0 Å². The van der Waals surface area contributed by atoms with Crippen molar-refractivity contribution in [3.63, 3.8) is 0 Å². The molecule has 0 spiro atoms. The average molecular weight is 530 g/mol. The summed E-state index contributed by atoms with van der Waals surface area (Å²) in [6, 6.07) is 0. The zero-order chi connectivity index (χ0) is 26.3. The number of rotatable bonds is 22. The summed E-state index contributed by atoms with van der Waals surface area (Å²) >= 11 is 0. The summed E-state index contributed by atoms with van der Waals surface area (Å²) in [5, 5.41) is 0. The largest absolute Gasteiger partial charge is 0.375 e. The molecule has 0 fully saturated rings. The molecule has 0 rings (SSSR count). The van der Waals surface area contributed by atoms with E-state index < -0.39 is 15.2 Å². The van der Waals surface area contributed by atoms with E-state index in [4.69, 9.17) is 22.8 Å². The van der Waals surface area contributed by atoms with Gasteiger partial charge in [0.25, 0.3) is 0 Å². The SMILES string of the molecule is CCOP(=O)(CCN(CCCC(C)(C)OCC(C)(C)CC)CCP(=O)(OCC)OCC)OCC. The van der Waals surface area contributed by atoms with E-state index in [1.807, 2.05) is 27.7 Å². The van der Waals surface area contributed by atoms with Crippen LogP contribution in [0.1, 0.15) is 81.6 Å². The standard InChI is InChI=1S/C24H53NO7P2/c1-10-23(6,7)22-28-24(8,9)16-15-17-25(18-20-33(26,29-11-2)30-12-3)19-21-34(27,31-13-4)32-14-5/h10-22H2,1-9H3. The predicted molar refractivity (Wildman–Crippen MR) is 141 cm³/mol. The van der Waals surface area contributed by atoms with Crippen molar-refractivity contribution in [3.05, 3.63) is 0 Å². The third kappa shape index (κ3) is 15.4. The molecule has 0 N–H and O–H groups in total. The van der Waals surface area contributed by atoms with Gasteiger partial charge in [0.05, 0.1) is 51.0 Å². The molecule has 0 unspecified atom stereocenters. The third-order valence-electron chi connectivity index (χ3n) is 5.75. The first kappa shape index (κ1) is 34.2. The van der Waals surface area contributed by atoms with E-state index in [0.717, 1.165) is 32.4 Å². The Labute approximate surface area is 209 Å². The lowest BCUT2D eigenvalue weighted by atomic mass is 9.91. The van der Waals surface area contributed by atoms with Crippen molar-refractivity contribution >= 4 is 15.2 Å². The summed E-state index contributed by atoms with van der Waals surface area (Å²) in [7, 11) is -6.32. The normalized spacial score (nSPS) is 13.7. The highest BCUT2D eigenvalue weighted by Gasteiger charge is 2.28. The highest BCUT2D eigenvalue weighted by molar-refractivity contribution is 7.54. The summed E-state index contributed by atoms with van der Waals surface area (Å²) in [5.74, 6) is 0. The van der Waals surface area contributed by atoms with Gasteiger partial charge in [-0.15, -0.1) is 0 Å². The minimum atomic E-state index is -3.16. The first-order valence-corrected chi connectivity index (χ1v) is 16.4. The molecule has 0 saturated heterocycles. The molecule has 0 saturated carbocycles. The minimum absolute atomic E-state index is 0.155. The summed E-state index contributed by atoms with van der Waals surface area (Å²) < 4.78 is 54.0. The van der Waals surface area contributed by atoms with Gasteiger partial charge in [0.1, 0.15) is 0 Å². The lowest BCUT2D eigenvalue weighted by Crippen LogP contribution is -2.34. The van der Waals surface area contributed by atoms with Crippen LogP contribution in [0.3, 0.4) is 0 Å². The summed E-state index contributed by atoms with van der Waals surface area (Å²) in [5.41, 5.74) is -0.0846. The Hall–Kier alpha value is 0.220. The fraction of sp³-hybridized carbons (Fsp3) is 1.00. The topological polar surface area (TPSA) is 83.5 Å². The molecule has 0 aliphatic rings. The van der Waals surface area contributed by atoms with E-state index in [-0.39, 0.29) is 23.3 Å². The molecule has 0 aromatic heterocycles. The van der Waals surface area contributed by atoms with Gasteiger partial charge in [-0.05, 0) is 72.8 Å². The fourth-order valence-electron chi connectivity index (χ4n) is 3.28. The Morgan fingerprint density at radius 1 is 0.676 bits per heavy atom. The van der Waals surface area contributed by atoms with Gasteiger partial charge in [0.2, 0.25) is 0 Å².